The first kappa shape index (κ1) is 13.1. The monoisotopic (exact) mass is 304 g/mol. The molecular formula is C10H10BrFN2OS. The summed E-state index contributed by atoms with van der Waals surface area (Å²) in [7, 11) is 0. The number of nitrogens with two attached hydrogens (primary N) is 1. The Balaban J connectivity index is 2.66. The van der Waals surface area contributed by atoms with Crippen LogP contribution in [0, 0.1) is 5.82 Å². The molecular weight excluding hydrogens is 295 g/mol. The van der Waals surface area contributed by atoms with Gasteiger partial charge in [0.05, 0.1) is 15.0 Å². The third-order valence-corrected chi connectivity index (χ3v) is 2.86. The molecule has 16 heavy (non-hydrogen) atoms. The van der Waals surface area contributed by atoms with E-state index in [0.717, 1.165) is 0 Å². The number of nitrogens with one attached hydrogen (secondary N) is 1. The van der Waals surface area contributed by atoms with Crippen molar-refractivity contribution in [1.82, 2.24) is 5.32 Å². The molecule has 0 saturated carbocycles. The quantitative estimate of drug-likeness (QED) is 0.837. The minimum Gasteiger partial charge on any atom is -0.393 e. The summed E-state index contributed by atoms with van der Waals surface area (Å²) in [6.45, 7) is 0.344. The van der Waals surface area contributed by atoms with Gasteiger partial charge in [0.15, 0.2) is 0 Å². The van der Waals surface area contributed by atoms with Crippen LogP contribution in [0.3, 0.4) is 0 Å². The number of hydrogen-bond donors (Lipinski definition) is 2. The Bertz CT molecular complexity index is 425. The highest BCUT2D eigenvalue weighted by Gasteiger charge is 2.12. The predicted molar refractivity (Wildman–Crippen MR) is 67.8 cm³/mol. The summed E-state index contributed by atoms with van der Waals surface area (Å²) < 4.78 is 13.3. The van der Waals surface area contributed by atoms with Gasteiger partial charge in [-0.15, -0.1) is 0 Å². The summed E-state index contributed by atoms with van der Waals surface area (Å²) in [6, 6.07) is 4.28. The van der Waals surface area contributed by atoms with E-state index in [1.165, 1.54) is 18.2 Å². The molecule has 0 aliphatic rings. The van der Waals surface area contributed by atoms with Gasteiger partial charge in [0.25, 0.3) is 5.91 Å². The first-order valence-electron chi connectivity index (χ1n) is 4.53. The summed E-state index contributed by atoms with van der Waals surface area (Å²) in [5.41, 5.74) is 5.53. The van der Waals surface area contributed by atoms with Crippen molar-refractivity contribution in [3.05, 3.63) is 34.1 Å². The fourth-order valence-electron chi connectivity index (χ4n) is 1.07. The third kappa shape index (κ3) is 3.53. The molecule has 3 nitrogen and oxygen atoms in total. The molecule has 1 aromatic carbocycles. The lowest BCUT2D eigenvalue weighted by atomic mass is 10.2. The van der Waals surface area contributed by atoms with E-state index < -0.39 is 5.82 Å². The summed E-state index contributed by atoms with van der Waals surface area (Å²) in [5.74, 6) is -0.829. The summed E-state index contributed by atoms with van der Waals surface area (Å²) in [4.78, 5) is 11.9. The van der Waals surface area contributed by atoms with Gasteiger partial charge in [-0.25, -0.2) is 4.39 Å². The molecule has 0 fully saturated rings. The van der Waals surface area contributed by atoms with Crippen molar-refractivity contribution in [1.29, 1.82) is 0 Å². The van der Waals surface area contributed by atoms with Crippen LogP contribution in [-0.4, -0.2) is 17.4 Å². The normalized spacial score (nSPS) is 9.88. The number of benzene rings is 1. The highest BCUT2D eigenvalue weighted by molar-refractivity contribution is 9.10. The molecule has 6 heteroatoms. The van der Waals surface area contributed by atoms with Gasteiger partial charge in [-0.2, -0.15) is 0 Å². The van der Waals surface area contributed by atoms with Gasteiger partial charge in [0, 0.05) is 13.0 Å². The van der Waals surface area contributed by atoms with Crippen LogP contribution in [-0.2, 0) is 0 Å². The van der Waals surface area contributed by atoms with Crippen molar-refractivity contribution in [2.75, 3.05) is 6.54 Å². The molecule has 1 aromatic rings. The van der Waals surface area contributed by atoms with Gasteiger partial charge < -0.3 is 11.1 Å². The average Bonchev–Trinajstić information content (AvgIpc) is 2.21. The summed E-state index contributed by atoms with van der Waals surface area (Å²) in [5, 5.41) is 2.60. The molecule has 0 aromatic heterocycles. The zero-order chi connectivity index (χ0) is 12.1. The molecule has 0 bridgehead atoms. The zero-order valence-corrected chi connectivity index (χ0v) is 10.7. The molecule has 1 rings (SSSR count). The van der Waals surface area contributed by atoms with E-state index in [4.69, 9.17) is 5.73 Å². The summed E-state index contributed by atoms with van der Waals surface area (Å²) >= 11 is 7.68. The second kappa shape index (κ2) is 5.91. The highest BCUT2D eigenvalue weighted by atomic mass is 79.9. The van der Waals surface area contributed by atoms with Crippen molar-refractivity contribution in [2.45, 2.75) is 6.42 Å². The van der Waals surface area contributed by atoms with Crippen molar-refractivity contribution >= 4 is 39.0 Å². The van der Waals surface area contributed by atoms with E-state index >= 15 is 0 Å². The number of hydrogen-bond acceptors (Lipinski definition) is 2. The van der Waals surface area contributed by atoms with Crippen LogP contribution in [0.2, 0.25) is 0 Å². The first-order chi connectivity index (χ1) is 7.52. The van der Waals surface area contributed by atoms with E-state index in [9.17, 15) is 9.18 Å². The Labute approximate surface area is 106 Å². The maximum Gasteiger partial charge on any atom is 0.252 e. The number of rotatable bonds is 4. The van der Waals surface area contributed by atoms with Crippen molar-refractivity contribution in [3.8, 4) is 0 Å². The smallest absolute Gasteiger partial charge is 0.252 e. The largest absolute Gasteiger partial charge is 0.393 e. The summed E-state index contributed by atoms with van der Waals surface area (Å²) in [6.07, 6.45) is 0.425. The third-order valence-electron chi connectivity index (χ3n) is 1.85. The van der Waals surface area contributed by atoms with Gasteiger partial charge >= 0.3 is 0 Å². The Kier molecular flexibility index (Phi) is 4.82. The molecule has 0 aliphatic heterocycles. The predicted octanol–water partition coefficient (Wildman–Crippen LogP) is 1.99. The zero-order valence-electron chi connectivity index (χ0n) is 8.30. The maximum absolute atomic E-state index is 13.1. The Morgan fingerprint density at radius 2 is 2.25 bits per heavy atom. The van der Waals surface area contributed by atoms with Crippen molar-refractivity contribution in [3.63, 3.8) is 0 Å². The first-order valence-corrected chi connectivity index (χ1v) is 5.73. The Hall–Kier alpha value is -1.01. The van der Waals surface area contributed by atoms with E-state index in [0.29, 0.717) is 18.0 Å². The standard InChI is InChI=1S/C10H10BrFN2OS/c11-9-6(2-1-3-7(9)12)10(15)14-5-4-8(13)16/h1-3H,4-5H2,(H2,13,16)(H,14,15). The van der Waals surface area contributed by atoms with E-state index in [-0.39, 0.29) is 15.9 Å². The average molecular weight is 305 g/mol. The fourth-order valence-corrected chi connectivity index (χ4v) is 1.62. The Morgan fingerprint density at radius 3 is 2.88 bits per heavy atom. The van der Waals surface area contributed by atoms with E-state index in [2.05, 4.69) is 33.5 Å². The SMILES string of the molecule is NC(=S)CCNC(=O)c1cccc(F)c1Br. The minimum atomic E-state index is -0.470. The molecule has 0 saturated heterocycles. The number of carbonyl (C=O) groups is 1. The molecule has 0 radical (unpaired) electrons. The molecule has 0 heterocycles. The maximum atomic E-state index is 13.1. The lowest BCUT2D eigenvalue weighted by Gasteiger charge is -2.06. The van der Waals surface area contributed by atoms with Gasteiger partial charge in [0.2, 0.25) is 0 Å². The highest BCUT2D eigenvalue weighted by Crippen LogP contribution is 2.19. The van der Waals surface area contributed by atoms with Gasteiger partial charge in [-0.1, -0.05) is 18.3 Å². The molecule has 86 valence electrons. The van der Waals surface area contributed by atoms with Crippen molar-refractivity contribution in [2.24, 2.45) is 5.73 Å². The lowest BCUT2D eigenvalue weighted by molar-refractivity contribution is 0.0953. The van der Waals surface area contributed by atoms with Crippen LogP contribution < -0.4 is 11.1 Å². The van der Waals surface area contributed by atoms with Crippen LogP contribution in [0.25, 0.3) is 0 Å². The number of halogens is 2. The van der Waals surface area contributed by atoms with E-state index in [1.807, 2.05) is 0 Å². The minimum absolute atomic E-state index is 0.155. The molecule has 0 atom stereocenters. The van der Waals surface area contributed by atoms with Gasteiger partial charge in [-0.3, -0.25) is 4.79 Å². The number of thiocarbonyl (C=S) groups is 1. The van der Waals surface area contributed by atoms with Crippen LogP contribution in [0.4, 0.5) is 4.39 Å². The second-order valence-electron chi connectivity index (χ2n) is 3.07. The second-order valence-corrected chi connectivity index (χ2v) is 4.39. The van der Waals surface area contributed by atoms with Gasteiger partial charge in [0.1, 0.15) is 5.82 Å². The number of amides is 1. The fraction of sp³-hybridized carbons (Fsp3) is 0.200. The topological polar surface area (TPSA) is 55.1 Å². The molecule has 0 unspecified atom stereocenters. The molecule has 1 amide bonds. The van der Waals surface area contributed by atoms with Crippen LogP contribution >= 0.6 is 28.1 Å². The van der Waals surface area contributed by atoms with E-state index in [1.54, 1.807) is 0 Å². The molecule has 3 N–H and O–H groups in total. The Morgan fingerprint density at radius 1 is 1.56 bits per heavy atom. The van der Waals surface area contributed by atoms with Crippen LogP contribution in [0.1, 0.15) is 16.8 Å². The molecule has 0 aliphatic carbocycles. The molecule has 0 spiro atoms. The van der Waals surface area contributed by atoms with Crippen LogP contribution in [0.15, 0.2) is 22.7 Å². The van der Waals surface area contributed by atoms with Crippen LogP contribution in [0.5, 0.6) is 0 Å². The van der Waals surface area contributed by atoms with Gasteiger partial charge in [-0.05, 0) is 28.1 Å². The number of carbonyl (C=O) groups excluding carboxylic acids is 1. The van der Waals surface area contributed by atoms with Crippen molar-refractivity contribution < 1.29 is 9.18 Å². The lowest BCUT2D eigenvalue weighted by Crippen LogP contribution is -2.27.